The molecule has 18 heavy (non-hydrogen) atoms. The average Bonchev–Trinajstić information content (AvgIpc) is 2.60. The fourth-order valence-corrected chi connectivity index (χ4v) is 1.67. The van der Waals surface area contributed by atoms with Crippen LogP contribution in [0.15, 0.2) is 18.2 Å². The van der Waals surface area contributed by atoms with Crippen molar-refractivity contribution < 1.29 is 17.6 Å². The normalized spacial score (nSPS) is 11.8. The molecule has 0 aliphatic heterocycles. The first kappa shape index (κ1) is 12.4. The van der Waals surface area contributed by atoms with Crippen LogP contribution in [-0.4, -0.2) is 10.2 Å². The van der Waals surface area contributed by atoms with E-state index >= 15 is 0 Å². The maximum absolute atomic E-state index is 13.6. The number of aromatic nitrogens is 2. The number of halogens is 4. The summed E-state index contributed by atoms with van der Waals surface area (Å²) in [5, 5.41) is 5.39. The molecule has 7 heteroatoms. The van der Waals surface area contributed by atoms with Gasteiger partial charge in [0.15, 0.2) is 5.69 Å². The van der Waals surface area contributed by atoms with E-state index in [0.29, 0.717) is 0 Å². The number of rotatable bonds is 1. The smallest absolute Gasteiger partial charge is 0.399 e. The van der Waals surface area contributed by atoms with Crippen molar-refractivity contribution >= 4 is 5.69 Å². The number of nitrogen functional groups attached to an aromatic ring is 1. The van der Waals surface area contributed by atoms with Gasteiger partial charge in [-0.15, -0.1) is 0 Å². The topological polar surface area (TPSA) is 54.7 Å². The number of anilines is 1. The predicted molar refractivity (Wildman–Crippen MR) is 58.1 cm³/mol. The lowest BCUT2D eigenvalue weighted by molar-refractivity contribution is -0.141. The van der Waals surface area contributed by atoms with E-state index in [-0.39, 0.29) is 22.5 Å². The summed E-state index contributed by atoms with van der Waals surface area (Å²) in [4.78, 5) is 0. The second kappa shape index (κ2) is 4.01. The van der Waals surface area contributed by atoms with E-state index in [1.807, 2.05) is 0 Å². The van der Waals surface area contributed by atoms with E-state index in [0.717, 1.165) is 6.07 Å². The Hall–Kier alpha value is -2.05. The molecule has 1 aromatic carbocycles. The van der Waals surface area contributed by atoms with Gasteiger partial charge in [0.1, 0.15) is 5.82 Å². The molecule has 0 amide bonds. The number of benzene rings is 1. The Morgan fingerprint density at radius 3 is 2.44 bits per heavy atom. The van der Waals surface area contributed by atoms with Gasteiger partial charge in [-0.2, -0.15) is 18.3 Å². The Morgan fingerprint density at radius 2 is 1.94 bits per heavy atom. The SMILES string of the molecule is Cc1c(C(F)(F)F)n[nH]c1-c1ccc(N)cc1F. The molecule has 2 rings (SSSR count). The first-order valence-corrected chi connectivity index (χ1v) is 4.98. The van der Waals surface area contributed by atoms with Crippen molar-refractivity contribution in [2.75, 3.05) is 5.73 Å². The molecule has 0 aliphatic rings. The quantitative estimate of drug-likeness (QED) is 0.610. The second-order valence-corrected chi connectivity index (χ2v) is 3.81. The number of hydrogen-bond donors (Lipinski definition) is 2. The monoisotopic (exact) mass is 259 g/mol. The van der Waals surface area contributed by atoms with Gasteiger partial charge in [0, 0.05) is 16.8 Å². The zero-order chi connectivity index (χ0) is 13.5. The summed E-state index contributed by atoms with van der Waals surface area (Å²) >= 11 is 0. The third kappa shape index (κ3) is 2.03. The molecule has 0 fully saturated rings. The summed E-state index contributed by atoms with van der Waals surface area (Å²) in [6.45, 7) is 1.23. The lowest BCUT2D eigenvalue weighted by Crippen LogP contribution is -2.07. The van der Waals surface area contributed by atoms with Crippen molar-refractivity contribution in [1.82, 2.24) is 10.2 Å². The van der Waals surface area contributed by atoms with Gasteiger partial charge in [0.25, 0.3) is 0 Å². The van der Waals surface area contributed by atoms with Crippen molar-refractivity contribution in [2.24, 2.45) is 0 Å². The highest BCUT2D eigenvalue weighted by Gasteiger charge is 2.36. The van der Waals surface area contributed by atoms with Crippen LogP contribution in [0.3, 0.4) is 0 Å². The molecular formula is C11H9F4N3. The molecular weight excluding hydrogens is 250 g/mol. The van der Waals surface area contributed by atoms with E-state index in [1.54, 1.807) is 0 Å². The second-order valence-electron chi connectivity index (χ2n) is 3.81. The van der Waals surface area contributed by atoms with Gasteiger partial charge < -0.3 is 5.73 Å². The van der Waals surface area contributed by atoms with Crippen LogP contribution in [0.5, 0.6) is 0 Å². The van der Waals surface area contributed by atoms with Crippen molar-refractivity contribution in [1.29, 1.82) is 0 Å². The van der Waals surface area contributed by atoms with Gasteiger partial charge in [-0.1, -0.05) is 0 Å². The minimum atomic E-state index is -4.57. The van der Waals surface area contributed by atoms with Gasteiger partial charge in [-0.3, -0.25) is 5.10 Å². The molecule has 3 nitrogen and oxygen atoms in total. The summed E-state index contributed by atoms with van der Waals surface area (Å²) in [6, 6.07) is 3.76. The van der Waals surface area contributed by atoms with Crippen molar-refractivity contribution in [3.05, 3.63) is 35.3 Å². The predicted octanol–water partition coefficient (Wildman–Crippen LogP) is 3.13. The molecule has 1 aromatic heterocycles. The van der Waals surface area contributed by atoms with Gasteiger partial charge in [-0.25, -0.2) is 4.39 Å². The number of nitrogens with zero attached hydrogens (tertiary/aromatic N) is 1. The molecule has 3 N–H and O–H groups in total. The Kier molecular flexibility index (Phi) is 2.76. The van der Waals surface area contributed by atoms with Crippen LogP contribution >= 0.6 is 0 Å². The molecule has 0 aliphatic carbocycles. The first-order valence-electron chi connectivity index (χ1n) is 4.98. The lowest BCUT2D eigenvalue weighted by atomic mass is 10.1. The summed E-state index contributed by atoms with van der Waals surface area (Å²) in [7, 11) is 0. The molecule has 0 unspecified atom stereocenters. The number of hydrogen-bond acceptors (Lipinski definition) is 2. The maximum atomic E-state index is 13.6. The van der Waals surface area contributed by atoms with E-state index in [4.69, 9.17) is 5.73 Å². The third-order valence-corrected chi connectivity index (χ3v) is 2.54. The Bertz CT molecular complexity index is 586. The van der Waals surface area contributed by atoms with Gasteiger partial charge in [0.2, 0.25) is 0 Å². The fourth-order valence-electron chi connectivity index (χ4n) is 1.67. The van der Waals surface area contributed by atoms with Crippen LogP contribution in [0.2, 0.25) is 0 Å². The molecule has 0 atom stereocenters. The van der Waals surface area contributed by atoms with Gasteiger partial charge in [-0.05, 0) is 25.1 Å². The summed E-state index contributed by atoms with van der Waals surface area (Å²) in [5.41, 5.74) is 4.38. The van der Waals surface area contributed by atoms with Crippen LogP contribution in [-0.2, 0) is 6.18 Å². The minimum Gasteiger partial charge on any atom is -0.399 e. The summed E-state index contributed by atoms with van der Waals surface area (Å²) in [5.74, 6) is -0.699. The molecule has 96 valence electrons. The average molecular weight is 259 g/mol. The summed E-state index contributed by atoms with van der Waals surface area (Å²) < 4.78 is 51.3. The molecule has 0 saturated carbocycles. The number of alkyl halides is 3. The van der Waals surface area contributed by atoms with E-state index in [2.05, 4.69) is 10.2 Å². The zero-order valence-corrected chi connectivity index (χ0v) is 9.27. The number of nitrogens with two attached hydrogens (primary N) is 1. The van der Waals surface area contributed by atoms with Gasteiger partial charge in [0.05, 0.1) is 5.69 Å². The molecule has 1 heterocycles. The van der Waals surface area contributed by atoms with E-state index in [9.17, 15) is 17.6 Å². The van der Waals surface area contributed by atoms with Crippen LogP contribution < -0.4 is 5.73 Å². The molecule has 2 aromatic rings. The largest absolute Gasteiger partial charge is 0.435 e. The van der Waals surface area contributed by atoms with Crippen molar-refractivity contribution in [3.63, 3.8) is 0 Å². The van der Waals surface area contributed by atoms with Crippen LogP contribution in [0, 0.1) is 12.7 Å². The minimum absolute atomic E-state index is 0.000162. The van der Waals surface area contributed by atoms with Crippen molar-refractivity contribution in [2.45, 2.75) is 13.1 Å². The molecule has 0 spiro atoms. The van der Waals surface area contributed by atoms with Crippen LogP contribution in [0.1, 0.15) is 11.3 Å². The highest BCUT2D eigenvalue weighted by Crippen LogP contribution is 2.35. The lowest BCUT2D eigenvalue weighted by Gasteiger charge is -2.05. The number of H-pyrrole nitrogens is 1. The maximum Gasteiger partial charge on any atom is 0.435 e. The standard InChI is InChI=1S/C11H9F4N3/c1-5-9(17-18-10(5)11(13,14)15)7-3-2-6(16)4-8(7)12/h2-4H,16H2,1H3,(H,17,18). The highest BCUT2D eigenvalue weighted by molar-refractivity contribution is 5.66. The van der Waals surface area contributed by atoms with Crippen LogP contribution in [0.25, 0.3) is 11.3 Å². The molecule has 0 saturated heterocycles. The fraction of sp³-hybridized carbons (Fsp3) is 0.182. The third-order valence-electron chi connectivity index (χ3n) is 2.54. The molecule has 0 radical (unpaired) electrons. The van der Waals surface area contributed by atoms with Gasteiger partial charge >= 0.3 is 6.18 Å². The number of nitrogens with one attached hydrogen (secondary N) is 1. The Balaban J connectivity index is 2.56. The first-order chi connectivity index (χ1) is 8.30. The number of aromatic amines is 1. The highest BCUT2D eigenvalue weighted by atomic mass is 19.4. The Morgan fingerprint density at radius 1 is 1.28 bits per heavy atom. The van der Waals surface area contributed by atoms with Crippen molar-refractivity contribution in [3.8, 4) is 11.3 Å². The van der Waals surface area contributed by atoms with Crippen LogP contribution in [0.4, 0.5) is 23.2 Å². The Labute approximate surface area is 99.6 Å². The van der Waals surface area contributed by atoms with E-state index in [1.165, 1.54) is 19.1 Å². The molecule has 0 bridgehead atoms. The summed E-state index contributed by atoms with van der Waals surface area (Å²) in [6.07, 6.45) is -4.57. The van der Waals surface area contributed by atoms with E-state index < -0.39 is 17.7 Å². The zero-order valence-electron chi connectivity index (χ0n) is 9.27.